The summed E-state index contributed by atoms with van der Waals surface area (Å²) in [6.45, 7) is 3.86. The third kappa shape index (κ3) is 5.44. The Morgan fingerprint density at radius 1 is 0.962 bits per heavy atom. The second-order valence-corrected chi connectivity index (χ2v) is 6.38. The molecule has 0 spiro atoms. The predicted molar refractivity (Wildman–Crippen MR) is 98.8 cm³/mol. The average molecular weight is 354 g/mol. The van der Waals surface area contributed by atoms with Crippen LogP contribution in [0.15, 0.2) is 54.6 Å². The van der Waals surface area contributed by atoms with Gasteiger partial charge >= 0.3 is 5.97 Å². The van der Waals surface area contributed by atoms with E-state index in [9.17, 15) is 14.4 Å². The van der Waals surface area contributed by atoms with E-state index >= 15 is 0 Å². The van der Waals surface area contributed by atoms with Crippen molar-refractivity contribution in [2.24, 2.45) is 5.92 Å². The van der Waals surface area contributed by atoms with E-state index in [1.165, 1.54) is 24.3 Å². The smallest absolute Gasteiger partial charge is 0.335 e. The molecular weight excluding hydrogens is 332 g/mol. The van der Waals surface area contributed by atoms with Crippen molar-refractivity contribution >= 4 is 23.5 Å². The van der Waals surface area contributed by atoms with E-state index in [4.69, 9.17) is 5.11 Å². The van der Waals surface area contributed by atoms with Gasteiger partial charge in [-0.25, -0.2) is 4.79 Å². The molecule has 0 fully saturated rings. The van der Waals surface area contributed by atoms with Crippen LogP contribution in [-0.2, 0) is 9.59 Å². The number of amides is 2. The standard InChI is InChI=1S/C20H22N2O4/c1-13(2)12-17(23)22-18(14-6-4-3-5-7-14)19(24)21-16-10-8-15(9-11-16)20(25)26/h3-11,13,18H,12H2,1-2H3,(H,21,24)(H,22,23)(H,25,26). The van der Waals surface area contributed by atoms with Crippen molar-refractivity contribution in [2.75, 3.05) is 5.32 Å². The van der Waals surface area contributed by atoms with Crippen LogP contribution < -0.4 is 10.6 Å². The Morgan fingerprint density at radius 3 is 2.12 bits per heavy atom. The lowest BCUT2D eigenvalue weighted by atomic mass is 10.0. The zero-order chi connectivity index (χ0) is 19.1. The van der Waals surface area contributed by atoms with Gasteiger partial charge in [-0.3, -0.25) is 9.59 Å². The quantitative estimate of drug-likeness (QED) is 0.711. The highest BCUT2D eigenvalue weighted by molar-refractivity contribution is 5.98. The highest BCUT2D eigenvalue weighted by Gasteiger charge is 2.23. The second kappa shape index (κ2) is 8.80. The van der Waals surface area contributed by atoms with Crippen LogP contribution in [0.25, 0.3) is 0 Å². The Kier molecular flexibility index (Phi) is 6.49. The van der Waals surface area contributed by atoms with Crippen LogP contribution in [0.1, 0.15) is 42.2 Å². The number of rotatable bonds is 7. The minimum absolute atomic E-state index is 0.132. The Labute approximate surface area is 152 Å². The molecule has 0 radical (unpaired) electrons. The van der Waals surface area contributed by atoms with Gasteiger partial charge in [0.05, 0.1) is 5.56 Å². The molecule has 2 aromatic carbocycles. The SMILES string of the molecule is CC(C)CC(=O)NC(C(=O)Nc1ccc(C(=O)O)cc1)c1ccccc1. The van der Waals surface area contributed by atoms with E-state index < -0.39 is 17.9 Å². The molecule has 2 aromatic rings. The number of carbonyl (C=O) groups is 3. The van der Waals surface area contributed by atoms with E-state index in [2.05, 4.69) is 10.6 Å². The van der Waals surface area contributed by atoms with E-state index in [1.807, 2.05) is 19.9 Å². The van der Waals surface area contributed by atoms with E-state index in [0.29, 0.717) is 17.7 Å². The number of carboxylic acids is 1. The molecule has 0 aliphatic rings. The van der Waals surface area contributed by atoms with E-state index in [-0.39, 0.29) is 17.4 Å². The Balaban J connectivity index is 2.17. The average Bonchev–Trinajstić information content (AvgIpc) is 2.60. The summed E-state index contributed by atoms with van der Waals surface area (Å²) < 4.78 is 0. The summed E-state index contributed by atoms with van der Waals surface area (Å²) in [7, 11) is 0. The van der Waals surface area contributed by atoms with Crippen molar-refractivity contribution < 1.29 is 19.5 Å². The highest BCUT2D eigenvalue weighted by Crippen LogP contribution is 2.17. The largest absolute Gasteiger partial charge is 0.478 e. The van der Waals surface area contributed by atoms with Gasteiger partial charge in [-0.1, -0.05) is 44.2 Å². The van der Waals surface area contributed by atoms with Gasteiger partial charge in [-0.15, -0.1) is 0 Å². The number of hydrogen-bond acceptors (Lipinski definition) is 3. The molecule has 6 heteroatoms. The first kappa shape index (κ1) is 19.2. The second-order valence-electron chi connectivity index (χ2n) is 6.38. The molecule has 1 atom stereocenters. The predicted octanol–water partition coefficient (Wildman–Crippen LogP) is 3.23. The van der Waals surface area contributed by atoms with Gasteiger partial charge in [-0.05, 0) is 35.7 Å². The van der Waals surface area contributed by atoms with Crippen molar-refractivity contribution in [2.45, 2.75) is 26.3 Å². The highest BCUT2D eigenvalue weighted by atomic mass is 16.4. The maximum atomic E-state index is 12.7. The molecule has 0 saturated carbocycles. The molecule has 136 valence electrons. The molecule has 0 aliphatic heterocycles. The van der Waals surface area contributed by atoms with E-state index in [1.54, 1.807) is 24.3 Å². The van der Waals surface area contributed by atoms with Crippen molar-refractivity contribution in [3.05, 3.63) is 65.7 Å². The maximum absolute atomic E-state index is 12.7. The summed E-state index contributed by atoms with van der Waals surface area (Å²) in [5, 5.41) is 14.4. The third-order valence-corrected chi connectivity index (χ3v) is 3.69. The molecule has 0 saturated heterocycles. The van der Waals surface area contributed by atoms with Gasteiger partial charge in [0.15, 0.2) is 0 Å². The summed E-state index contributed by atoms with van der Waals surface area (Å²) in [6.07, 6.45) is 0.323. The molecular formula is C20H22N2O4. The van der Waals surface area contributed by atoms with Gasteiger partial charge in [-0.2, -0.15) is 0 Å². The normalized spacial score (nSPS) is 11.7. The minimum Gasteiger partial charge on any atom is -0.478 e. The van der Waals surface area contributed by atoms with Crippen LogP contribution in [0.2, 0.25) is 0 Å². The fourth-order valence-corrected chi connectivity index (χ4v) is 2.45. The van der Waals surface area contributed by atoms with Crippen molar-refractivity contribution in [3.63, 3.8) is 0 Å². The van der Waals surface area contributed by atoms with Crippen LogP contribution in [0, 0.1) is 5.92 Å². The first-order chi connectivity index (χ1) is 12.4. The van der Waals surface area contributed by atoms with Crippen LogP contribution in [0.4, 0.5) is 5.69 Å². The number of anilines is 1. The zero-order valence-corrected chi connectivity index (χ0v) is 14.7. The molecule has 0 bridgehead atoms. The number of carboxylic acid groups (broad SMARTS) is 1. The molecule has 2 rings (SSSR count). The summed E-state index contributed by atoms with van der Waals surface area (Å²) in [5.74, 6) is -1.45. The lowest BCUT2D eigenvalue weighted by molar-refractivity contribution is -0.127. The molecule has 1 unspecified atom stereocenters. The fourth-order valence-electron chi connectivity index (χ4n) is 2.45. The van der Waals surface area contributed by atoms with Crippen LogP contribution in [0.3, 0.4) is 0 Å². The third-order valence-electron chi connectivity index (χ3n) is 3.69. The molecule has 0 aliphatic carbocycles. The fraction of sp³-hybridized carbons (Fsp3) is 0.250. The monoisotopic (exact) mass is 354 g/mol. The Morgan fingerprint density at radius 2 is 1.58 bits per heavy atom. The Hall–Kier alpha value is -3.15. The lowest BCUT2D eigenvalue weighted by Crippen LogP contribution is -2.37. The molecule has 3 N–H and O–H groups in total. The van der Waals surface area contributed by atoms with Gasteiger partial charge in [0.2, 0.25) is 5.91 Å². The molecule has 6 nitrogen and oxygen atoms in total. The zero-order valence-electron chi connectivity index (χ0n) is 14.7. The number of benzene rings is 2. The molecule has 0 heterocycles. The van der Waals surface area contributed by atoms with Crippen LogP contribution in [0.5, 0.6) is 0 Å². The summed E-state index contributed by atoms with van der Waals surface area (Å²) >= 11 is 0. The number of carbonyl (C=O) groups excluding carboxylic acids is 2. The first-order valence-corrected chi connectivity index (χ1v) is 8.35. The number of nitrogens with one attached hydrogen (secondary N) is 2. The number of hydrogen-bond donors (Lipinski definition) is 3. The summed E-state index contributed by atoms with van der Waals surface area (Å²) in [6, 6.07) is 14.0. The number of aromatic carboxylic acids is 1. The summed E-state index contributed by atoms with van der Waals surface area (Å²) in [5.41, 5.74) is 1.26. The summed E-state index contributed by atoms with van der Waals surface area (Å²) in [4.78, 5) is 35.8. The first-order valence-electron chi connectivity index (χ1n) is 8.35. The molecule has 0 aromatic heterocycles. The van der Waals surface area contributed by atoms with Gasteiger partial charge in [0.25, 0.3) is 5.91 Å². The molecule has 26 heavy (non-hydrogen) atoms. The maximum Gasteiger partial charge on any atom is 0.335 e. The van der Waals surface area contributed by atoms with Crippen molar-refractivity contribution in [1.82, 2.24) is 5.32 Å². The topological polar surface area (TPSA) is 95.5 Å². The Bertz CT molecular complexity index is 770. The lowest BCUT2D eigenvalue weighted by Gasteiger charge is -2.19. The van der Waals surface area contributed by atoms with Gasteiger partial charge in [0.1, 0.15) is 6.04 Å². The van der Waals surface area contributed by atoms with Gasteiger partial charge in [0, 0.05) is 12.1 Å². The van der Waals surface area contributed by atoms with Crippen LogP contribution >= 0.6 is 0 Å². The minimum atomic E-state index is -1.04. The van der Waals surface area contributed by atoms with Crippen molar-refractivity contribution in [3.8, 4) is 0 Å². The van der Waals surface area contributed by atoms with Crippen molar-refractivity contribution in [1.29, 1.82) is 0 Å². The molecule has 2 amide bonds. The van der Waals surface area contributed by atoms with E-state index in [0.717, 1.165) is 0 Å². The van der Waals surface area contributed by atoms with Gasteiger partial charge < -0.3 is 15.7 Å². The van der Waals surface area contributed by atoms with Crippen LogP contribution in [-0.4, -0.2) is 22.9 Å².